The first-order valence-corrected chi connectivity index (χ1v) is 6.90. The monoisotopic (exact) mass is 284 g/mol. The molecule has 2 aromatic carbocycles. The first kappa shape index (κ1) is 13.6. The van der Waals surface area contributed by atoms with Crippen LogP contribution in [0.1, 0.15) is 17.0 Å². The molecule has 0 saturated carbocycles. The predicted molar refractivity (Wildman–Crippen MR) is 78.1 cm³/mol. The van der Waals surface area contributed by atoms with Gasteiger partial charge in [0.25, 0.3) is 0 Å². The van der Waals surface area contributed by atoms with Crippen molar-refractivity contribution in [3.63, 3.8) is 0 Å². The molecule has 0 saturated heterocycles. The minimum Gasteiger partial charge on any atom is -0.433 e. The minimum absolute atomic E-state index is 0.0269. The van der Waals surface area contributed by atoms with Crippen LogP contribution in [0, 0.1) is 0 Å². The van der Waals surface area contributed by atoms with Gasteiger partial charge in [0, 0.05) is 5.92 Å². The lowest BCUT2D eigenvalue weighted by Crippen LogP contribution is -2.15. The van der Waals surface area contributed by atoms with Crippen LogP contribution in [0.4, 0.5) is 4.79 Å². The van der Waals surface area contributed by atoms with E-state index in [1.54, 1.807) is 0 Å². The molecule has 0 bridgehead atoms. The molecule has 1 N–H and O–H groups in total. The van der Waals surface area contributed by atoms with Crippen molar-refractivity contribution < 1.29 is 19.4 Å². The van der Waals surface area contributed by atoms with Crippen molar-refractivity contribution in [2.45, 2.75) is 5.92 Å². The van der Waals surface area contributed by atoms with E-state index in [1.807, 2.05) is 24.3 Å². The lowest BCUT2D eigenvalue weighted by Gasteiger charge is -2.13. The van der Waals surface area contributed by atoms with Gasteiger partial charge in [0.1, 0.15) is 13.2 Å². The van der Waals surface area contributed by atoms with Crippen LogP contribution < -0.4 is 0 Å². The van der Waals surface area contributed by atoms with E-state index in [0.717, 1.165) is 11.1 Å². The zero-order valence-electron chi connectivity index (χ0n) is 11.5. The fraction of sp³-hybridized carbons (Fsp3) is 0.235. The van der Waals surface area contributed by atoms with Crippen LogP contribution in [0.15, 0.2) is 48.5 Å². The van der Waals surface area contributed by atoms with Crippen LogP contribution in [0.3, 0.4) is 0 Å². The maximum absolute atomic E-state index is 11.4. The number of ether oxygens (including phenoxy) is 2. The Balaban J connectivity index is 1.81. The molecule has 2 aromatic rings. The largest absolute Gasteiger partial charge is 0.508 e. The normalized spacial score (nSPS) is 12.6. The van der Waals surface area contributed by atoms with Crippen LogP contribution in [-0.2, 0) is 9.47 Å². The molecule has 0 atom stereocenters. The third kappa shape index (κ3) is 2.62. The maximum atomic E-state index is 11.4. The van der Waals surface area contributed by atoms with Gasteiger partial charge in [0.15, 0.2) is 0 Å². The quantitative estimate of drug-likeness (QED) is 0.877. The molecule has 0 aromatic heterocycles. The molecule has 0 amide bonds. The highest BCUT2D eigenvalue weighted by molar-refractivity contribution is 5.78. The number of carbonyl (C=O) groups excluding carboxylic acids is 1. The molecular formula is C17H16O4. The molecule has 0 radical (unpaired) electrons. The van der Waals surface area contributed by atoms with Gasteiger partial charge in [0.05, 0.1) is 6.61 Å². The minimum atomic E-state index is -0.745. The van der Waals surface area contributed by atoms with E-state index in [9.17, 15) is 4.79 Å². The summed E-state index contributed by atoms with van der Waals surface area (Å²) in [7, 11) is 0. The topological polar surface area (TPSA) is 55.8 Å². The van der Waals surface area contributed by atoms with Gasteiger partial charge >= 0.3 is 6.16 Å². The summed E-state index contributed by atoms with van der Waals surface area (Å²) in [5.74, 6) is 0.0269. The summed E-state index contributed by atoms with van der Waals surface area (Å²) < 4.78 is 9.89. The number of hydrogen-bond donors (Lipinski definition) is 1. The molecule has 4 heteroatoms. The van der Waals surface area contributed by atoms with Crippen molar-refractivity contribution in [2.75, 3.05) is 19.8 Å². The highest BCUT2D eigenvalue weighted by Crippen LogP contribution is 2.44. The van der Waals surface area contributed by atoms with Crippen LogP contribution in [0.5, 0.6) is 0 Å². The van der Waals surface area contributed by atoms with E-state index in [2.05, 4.69) is 24.3 Å². The molecule has 108 valence electrons. The second kappa shape index (κ2) is 5.97. The van der Waals surface area contributed by atoms with Crippen molar-refractivity contribution in [1.29, 1.82) is 0 Å². The van der Waals surface area contributed by atoms with Gasteiger partial charge in [0.2, 0.25) is 0 Å². The van der Waals surface area contributed by atoms with E-state index in [0.29, 0.717) is 0 Å². The molecule has 0 aliphatic heterocycles. The summed E-state index contributed by atoms with van der Waals surface area (Å²) in [5.41, 5.74) is 4.69. The number of aliphatic hydroxyl groups is 1. The molecule has 0 heterocycles. The fourth-order valence-corrected chi connectivity index (χ4v) is 2.76. The van der Waals surface area contributed by atoms with Crippen LogP contribution in [0.2, 0.25) is 0 Å². The Kier molecular flexibility index (Phi) is 3.88. The predicted octanol–water partition coefficient (Wildman–Crippen LogP) is 2.94. The van der Waals surface area contributed by atoms with Gasteiger partial charge in [-0.3, -0.25) is 0 Å². The highest BCUT2D eigenvalue weighted by Gasteiger charge is 2.29. The standard InChI is InChI=1S/C17H16O4/c18-9-10-20-17(19)21-11-16-14-7-3-1-5-12(14)13-6-2-4-8-15(13)16/h1-8,16,18H,9-11H2. The maximum Gasteiger partial charge on any atom is 0.508 e. The Hall–Kier alpha value is -2.33. The molecule has 3 rings (SSSR count). The van der Waals surface area contributed by atoms with Gasteiger partial charge in [-0.2, -0.15) is 0 Å². The molecule has 21 heavy (non-hydrogen) atoms. The Labute approximate surface area is 122 Å². The highest BCUT2D eigenvalue weighted by atomic mass is 16.7. The number of hydrogen-bond acceptors (Lipinski definition) is 4. The van der Waals surface area contributed by atoms with Crippen LogP contribution in [0.25, 0.3) is 11.1 Å². The molecule has 1 aliphatic carbocycles. The Morgan fingerprint density at radius 1 is 0.952 bits per heavy atom. The van der Waals surface area contributed by atoms with E-state index in [4.69, 9.17) is 14.6 Å². The number of carbonyl (C=O) groups is 1. The molecule has 4 nitrogen and oxygen atoms in total. The summed E-state index contributed by atoms with van der Waals surface area (Å²) in [5, 5.41) is 8.62. The summed E-state index contributed by atoms with van der Waals surface area (Å²) in [6.07, 6.45) is -0.745. The second-order valence-corrected chi connectivity index (χ2v) is 4.86. The van der Waals surface area contributed by atoms with Crippen LogP contribution >= 0.6 is 0 Å². The average Bonchev–Trinajstić information content (AvgIpc) is 2.85. The van der Waals surface area contributed by atoms with E-state index in [1.165, 1.54) is 11.1 Å². The van der Waals surface area contributed by atoms with Gasteiger partial charge in [-0.15, -0.1) is 0 Å². The third-order valence-electron chi connectivity index (χ3n) is 3.64. The lowest BCUT2D eigenvalue weighted by atomic mass is 9.98. The summed E-state index contributed by atoms with van der Waals surface area (Å²) in [6.45, 7) is -0.0147. The van der Waals surface area contributed by atoms with Crippen molar-refractivity contribution in [1.82, 2.24) is 0 Å². The van der Waals surface area contributed by atoms with E-state index < -0.39 is 6.16 Å². The van der Waals surface area contributed by atoms with Crippen molar-refractivity contribution in [3.05, 3.63) is 59.7 Å². The van der Waals surface area contributed by atoms with Crippen LogP contribution in [-0.4, -0.2) is 31.1 Å². The number of fused-ring (bicyclic) bond motifs is 3. The fourth-order valence-electron chi connectivity index (χ4n) is 2.76. The first-order valence-electron chi connectivity index (χ1n) is 6.90. The zero-order chi connectivity index (χ0) is 14.7. The van der Waals surface area contributed by atoms with Gasteiger partial charge < -0.3 is 14.6 Å². The summed E-state index contributed by atoms with van der Waals surface area (Å²) in [6, 6.07) is 16.3. The smallest absolute Gasteiger partial charge is 0.433 e. The average molecular weight is 284 g/mol. The summed E-state index contributed by atoms with van der Waals surface area (Å²) >= 11 is 0. The Bertz CT molecular complexity index is 605. The molecule has 0 spiro atoms. The zero-order valence-corrected chi connectivity index (χ0v) is 11.5. The van der Waals surface area contributed by atoms with E-state index >= 15 is 0 Å². The number of aliphatic hydroxyl groups excluding tert-OH is 1. The van der Waals surface area contributed by atoms with E-state index in [-0.39, 0.29) is 25.7 Å². The summed E-state index contributed by atoms with van der Waals surface area (Å²) in [4.78, 5) is 11.4. The van der Waals surface area contributed by atoms with Crippen molar-refractivity contribution >= 4 is 6.16 Å². The molecular weight excluding hydrogens is 268 g/mol. The third-order valence-corrected chi connectivity index (χ3v) is 3.64. The SMILES string of the molecule is O=C(OCCO)OCC1c2ccccc2-c2ccccc21. The molecule has 0 fully saturated rings. The number of rotatable bonds is 4. The number of benzene rings is 2. The second-order valence-electron chi connectivity index (χ2n) is 4.86. The van der Waals surface area contributed by atoms with Crippen molar-refractivity contribution in [2.24, 2.45) is 0 Å². The molecule has 1 aliphatic rings. The Morgan fingerprint density at radius 3 is 2.10 bits per heavy atom. The first-order chi connectivity index (χ1) is 10.3. The van der Waals surface area contributed by atoms with Gasteiger partial charge in [-0.1, -0.05) is 48.5 Å². The molecule has 0 unspecified atom stereocenters. The Morgan fingerprint density at radius 2 is 1.52 bits per heavy atom. The lowest BCUT2D eigenvalue weighted by molar-refractivity contribution is 0.0419. The van der Waals surface area contributed by atoms with Gasteiger partial charge in [-0.05, 0) is 22.3 Å². The van der Waals surface area contributed by atoms with Gasteiger partial charge in [-0.25, -0.2) is 4.79 Å². The van der Waals surface area contributed by atoms with Crippen molar-refractivity contribution in [3.8, 4) is 11.1 Å².